The molecule has 1 aromatic rings. The van der Waals surface area contributed by atoms with Gasteiger partial charge in [0.2, 0.25) is 6.08 Å². The summed E-state index contributed by atoms with van der Waals surface area (Å²) in [6.07, 6.45) is 3.39. The number of aliphatic imine (C=N–C) groups is 1. The number of carbonyl (C=O) groups excluding carboxylic acids is 1. The maximum absolute atomic E-state index is 10.2. The molecule has 0 aliphatic rings. The van der Waals surface area contributed by atoms with E-state index in [1.807, 2.05) is 13.8 Å². The van der Waals surface area contributed by atoms with Crippen molar-refractivity contribution in [1.82, 2.24) is 4.98 Å². The van der Waals surface area contributed by atoms with Crippen LogP contribution < -0.4 is 0 Å². The van der Waals surface area contributed by atoms with Crippen molar-refractivity contribution in [3.63, 3.8) is 0 Å². The Labute approximate surface area is 87.9 Å². The van der Waals surface area contributed by atoms with Crippen molar-refractivity contribution in [1.29, 1.82) is 0 Å². The molecule has 0 bridgehead atoms. The summed E-state index contributed by atoms with van der Waals surface area (Å²) in [4.78, 5) is 19.3. The summed E-state index contributed by atoms with van der Waals surface area (Å²) in [5, 5.41) is 1.08. The van der Waals surface area contributed by atoms with E-state index < -0.39 is 5.54 Å². The van der Waals surface area contributed by atoms with Gasteiger partial charge in [0.05, 0.1) is 9.88 Å². The molecule has 76 valence electrons. The molecule has 0 fully saturated rings. The third-order valence-corrected chi connectivity index (χ3v) is 3.56. The molecular weight excluding hydrogens is 196 g/mol. The first-order valence-electron chi connectivity index (χ1n) is 4.52. The lowest BCUT2D eigenvalue weighted by Crippen LogP contribution is -2.10. The van der Waals surface area contributed by atoms with E-state index in [1.165, 1.54) is 0 Å². The van der Waals surface area contributed by atoms with Crippen LogP contribution in [0.1, 0.15) is 43.5 Å². The van der Waals surface area contributed by atoms with Crippen molar-refractivity contribution >= 4 is 17.4 Å². The fourth-order valence-electron chi connectivity index (χ4n) is 1.01. The number of isocyanates is 1. The number of aromatic nitrogens is 1. The van der Waals surface area contributed by atoms with Gasteiger partial charge in [-0.25, -0.2) is 9.78 Å². The van der Waals surface area contributed by atoms with Gasteiger partial charge in [0.1, 0.15) is 5.54 Å². The maximum Gasteiger partial charge on any atom is 0.235 e. The topological polar surface area (TPSA) is 42.3 Å². The van der Waals surface area contributed by atoms with E-state index >= 15 is 0 Å². The van der Waals surface area contributed by atoms with Gasteiger partial charge in [0, 0.05) is 12.1 Å². The Morgan fingerprint density at radius 2 is 2.21 bits per heavy atom. The first kappa shape index (κ1) is 11.1. The maximum atomic E-state index is 10.2. The number of rotatable bonds is 3. The van der Waals surface area contributed by atoms with Crippen LogP contribution in [0.2, 0.25) is 0 Å². The summed E-state index contributed by atoms with van der Waals surface area (Å²) in [6.45, 7) is 7.96. The molecule has 0 aromatic carbocycles. The van der Waals surface area contributed by atoms with E-state index in [1.54, 1.807) is 23.6 Å². The Kier molecular flexibility index (Phi) is 3.19. The standard InChI is InChI=1S/C10H14N2OS/c1-7(2)9-11-5-8(14-9)10(3,4)12-6-13/h5,7H,1-4H3. The van der Waals surface area contributed by atoms with Crippen molar-refractivity contribution in [2.24, 2.45) is 4.99 Å². The third kappa shape index (κ3) is 2.28. The average molecular weight is 210 g/mol. The molecule has 0 spiro atoms. The molecule has 0 saturated heterocycles. The minimum atomic E-state index is -0.493. The van der Waals surface area contributed by atoms with Gasteiger partial charge >= 0.3 is 0 Å². The van der Waals surface area contributed by atoms with Gasteiger partial charge in [0.25, 0.3) is 0 Å². The minimum absolute atomic E-state index is 0.421. The minimum Gasteiger partial charge on any atom is -0.249 e. The van der Waals surface area contributed by atoms with Crippen molar-refractivity contribution in [2.45, 2.75) is 39.2 Å². The second-order valence-electron chi connectivity index (χ2n) is 3.98. The van der Waals surface area contributed by atoms with Crippen LogP contribution in [0, 0.1) is 0 Å². The van der Waals surface area contributed by atoms with Crippen molar-refractivity contribution < 1.29 is 4.79 Å². The zero-order valence-electron chi connectivity index (χ0n) is 8.87. The zero-order chi connectivity index (χ0) is 10.8. The Balaban J connectivity index is 3.02. The highest BCUT2D eigenvalue weighted by Crippen LogP contribution is 2.31. The molecule has 0 amide bonds. The smallest absolute Gasteiger partial charge is 0.235 e. The molecule has 0 aliphatic carbocycles. The summed E-state index contributed by atoms with van der Waals surface area (Å²) in [5.41, 5.74) is -0.493. The molecular formula is C10H14N2OS. The van der Waals surface area contributed by atoms with Gasteiger partial charge in [-0.05, 0) is 13.8 Å². The molecule has 1 rings (SSSR count). The van der Waals surface area contributed by atoms with Crippen LogP contribution in [0.5, 0.6) is 0 Å². The van der Waals surface area contributed by atoms with E-state index in [-0.39, 0.29) is 0 Å². The lowest BCUT2D eigenvalue weighted by Gasteiger charge is -2.13. The predicted octanol–water partition coefficient (Wildman–Crippen LogP) is 2.84. The van der Waals surface area contributed by atoms with Gasteiger partial charge in [-0.3, -0.25) is 0 Å². The number of thiazole rings is 1. The van der Waals surface area contributed by atoms with Crippen LogP contribution >= 0.6 is 11.3 Å². The first-order chi connectivity index (χ1) is 6.47. The van der Waals surface area contributed by atoms with Gasteiger partial charge in [0.15, 0.2) is 0 Å². The first-order valence-corrected chi connectivity index (χ1v) is 5.34. The van der Waals surface area contributed by atoms with Crippen molar-refractivity contribution in [3.05, 3.63) is 16.1 Å². The second-order valence-corrected chi connectivity index (χ2v) is 5.04. The SMILES string of the molecule is CC(C)c1ncc(C(C)(C)N=C=O)s1. The summed E-state index contributed by atoms with van der Waals surface area (Å²) >= 11 is 1.60. The molecule has 0 radical (unpaired) electrons. The van der Waals surface area contributed by atoms with Gasteiger partial charge in [-0.2, -0.15) is 4.99 Å². The highest BCUT2D eigenvalue weighted by Gasteiger charge is 2.22. The van der Waals surface area contributed by atoms with Gasteiger partial charge in [-0.1, -0.05) is 13.8 Å². The molecule has 3 nitrogen and oxygen atoms in total. The molecule has 0 aliphatic heterocycles. The third-order valence-electron chi connectivity index (χ3n) is 1.95. The fraction of sp³-hybridized carbons (Fsp3) is 0.600. The largest absolute Gasteiger partial charge is 0.249 e. The van der Waals surface area contributed by atoms with E-state index in [0.717, 1.165) is 9.88 Å². The van der Waals surface area contributed by atoms with Crippen LogP contribution in [0.15, 0.2) is 11.2 Å². The van der Waals surface area contributed by atoms with Crippen molar-refractivity contribution in [2.75, 3.05) is 0 Å². The average Bonchev–Trinajstić information content (AvgIpc) is 2.51. The molecule has 0 atom stereocenters. The number of nitrogens with zero attached hydrogens (tertiary/aromatic N) is 2. The molecule has 14 heavy (non-hydrogen) atoms. The highest BCUT2D eigenvalue weighted by molar-refractivity contribution is 7.11. The highest BCUT2D eigenvalue weighted by atomic mass is 32.1. The van der Waals surface area contributed by atoms with E-state index in [0.29, 0.717) is 5.92 Å². The summed E-state index contributed by atoms with van der Waals surface area (Å²) in [6, 6.07) is 0. The monoisotopic (exact) mass is 210 g/mol. The van der Waals surface area contributed by atoms with E-state index in [2.05, 4.69) is 23.8 Å². The molecule has 0 saturated carbocycles. The van der Waals surface area contributed by atoms with Crippen LogP contribution in [0.4, 0.5) is 0 Å². The number of hydrogen-bond donors (Lipinski definition) is 0. The van der Waals surface area contributed by atoms with E-state index in [9.17, 15) is 4.79 Å². The van der Waals surface area contributed by atoms with Crippen molar-refractivity contribution in [3.8, 4) is 0 Å². The quantitative estimate of drug-likeness (QED) is 0.568. The fourth-order valence-corrected chi connectivity index (χ4v) is 1.97. The van der Waals surface area contributed by atoms with Crippen LogP contribution in [-0.4, -0.2) is 11.1 Å². The predicted molar refractivity (Wildman–Crippen MR) is 57.4 cm³/mol. The van der Waals surface area contributed by atoms with Crippen LogP contribution in [0.3, 0.4) is 0 Å². The van der Waals surface area contributed by atoms with Crippen LogP contribution in [0.25, 0.3) is 0 Å². The molecule has 1 heterocycles. The van der Waals surface area contributed by atoms with Crippen LogP contribution in [-0.2, 0) is 10.3 Å². The van der Waals surface area contributed by atoms with Gasteiger partial charge < -0.3 is 0 Å². The lowest BCUT2D eigenvalue weighted by atomic mass is 10.1. The summed E-state index contributed by atoms with van der Waals surface area (Å²) < 4.78 is 0. The second kappa shape index (κ2) is 4.03. The normalized spacial score (nSPS) is 11.5. The Bertz CT molecular complexity index is 362. The Morgan fingerprint density at radius 1 is 1.57 bits per heavy atom. The lowest BCUT2D eigenvalue weighted by molar-refractivity contribution is 0.528. The summed E-state index contributed by atoms with van der Waals surface area (Å²) in [7, 11) is 0. The Hall–Kier alpha value is -0.990. The molecule has 0 N–H and O–H groups in total. The molecule has 0 unspecified atom stereocenters. The molecule has 1 aromatic heterocycles. The molecule has 4 heteroatoms. The number of hydrogen-bond acceptors (Lipinski definition) is 4. The summed E-state index contributed by atoms with van der Waals surface area (Å²) in [5.74, 6) is 0.421. The van der Waals surface area contributed by atoms with E-state index in [4.69, 9.17) is 0 Å². The zero-order valence-corrected chi connectivity index (χ0v) is 9.68. The Morgan fingerprint density at radius 3 is 2.64 bits per heavy atom. The van der Waals surface area contributed by atoms with Gasteiger partial charge in [-0.15, -0.1) is 11.3 Å².